The van der Waals surface area contributed by atoms with Gasteiger partial charge in [-0.3, -0.25) is 0 Å². The lowest BCUT2D eigenvalue weighted by Gasteiger charge is -2.06. The highest BCUT2D eigenvalue weighted by Gasteiger charge is 2.65. The summed E-state index contributed by atoms with van der Waals surface area (Å²) in [6.45, 7) is 11.5. The molecule has 0 amide bonds. The molecule has 2 heterocycles. The molecule has 0 spiro atoms. The largest absolute Gasteiger partial charge is 0.311 e. The first-order chi connectivity index (χ1) is 6.46. The van der Waals surface area contributed by atoms with Crippen molar-refractivity contribution < 1.29 is 0 Å². The molecule has 1 N–H and O–H groups in total. The van der Waals surface area contributed by atoms with E-state index in [2.05, 4.69) is 45.1 Å². The summed E-state index contributed by atoms with van der Waals surface area (Å²) >= 11 is 0. The molecule has 0 aromatic heterocycles. The van der Waals surface area contributed by atoms with Crippen molar-refractivity contribution in [1.82, 2.24) is 5.32 Å². The Morgan fingerprint density at radius 3 is 2.29 bits per heavy atom. The van der Waals surface area contributed by atoms with Crippen LogP contribution in [-0.4, -0.2) is 19.3 Å². The number of hydrogen-bond acceptors (Lipinski definition) is 1. The molecule has 1 unspecified atom stereocenters. The first-order valence-electron chi connectivity index (χ1n) is 5.88. The van der Waals surface area contributed by atoms with Crippen LogP contribution >= 0.6 is 0 Å². The smallest absolute Gasteiger partial charge is 0.177 e. The Morgan fingerprint density at radius 1 is 1.21 bits per heavy atom. The third-order valence-electron chi connectivity index (χ3n) is 4.77. The van der Waals surface area contributed by atoms with E-state index in [1.807, 2.05) is 0 Å². The van der Waals surface area contributed by atoms with Gasteiger partial charge in [-0.15, -0.1) is 5.98 Å². The van der Waals surface area contributed by atoms with Gasteiger partial charge in [-0.1, -0.05) is 44.4 Å². The van der Waals surface area contributed by atoms with Crippen molar-refractivity contribution in [2.75, 3.05) is 6.54 Å². The predicted octanol–water partition coefficient (Wildman–Crippen LogP) is 2.90. The van der Waals surface area contributed by atoms with E-state index >= 15 is 0 Å². The lowest BCUT2D eigenvalue weighted by atomic mass is 9.58. The van der Waals surface area contributed by atoms with Crippen molar-refractivity contribution in [3.63, 3.8) is 0 Å². The van der Waals surface area contributed by atoms with Crippen molar-refractivity contribution in [3.05, 3.63) is 12.1 Å². The summed E-state index contributed by atoms with van der Waals surface area (Å²) in [5, 5.41) is 4.51. The minimum Gasteiger partial charge on any atom is -0.311 e. The van der Waals surface area contributed by atoms with Crippen LogP contribution in [0.4, 0.5) is 0 Å². The second-order valence-electron chi connectivity index (χ2n) is 6.01. The van der Waals surface area contributed by atoms with Crippen molar-refractivity contribution in [2.45, 2.75) is 57.2 Å². The fourth-order valence-corrected chi connectivity index (χ4v) is 2.85. The number of hydrogen-bond donors (Lipinski definition) is 1. The fourth-order valence-electron chi connectivity index (χ4n) is 2.85. The summed E-state index contributed by atoms with van der Waals surface area (Å²) in [7, 11) is 0. The Labute approximate surface area is 88.4 Å². The van der Waals surface area contributed by atoms with Crippen LogP contribution in [0.25, 0.3) is 0 Å². The molecular formula is C12H22BN. The maximum absolute atomic E-state index is 3.51. The van der Waals surface area contributed by atoms with Gasteiger partial charge in [-0.25, -0.2) is 0 Å². The zero-order valence-corrected chi connectivity index (χ0v) is 9.93. The van der Waals surface area contributed by atoms with E-state index < -0.39 is 0 Å². The van der Waals surface area contributed by atoms with Crippen LogP contribution in [0.2, 0.25) is 10.6 Å². The van der Waals surface area contributed by atoms with Gasteiger partial charge in [0.15, 0.2) is 6.71 Å². The predicted molar refractivity (Wildman–Crippen MR) is 64.0 cm³/mol. The van der Waals surface area contributed by atoms with Gasteiger partial charge in [0, 0.05) is 6.04 Å². The molecule has 1 nitrogen and oxygen atoms in total. The van der Waals surface area contributed by atoms with Gasteiger partial charge in [-0.05, 0) is 19.4 Å². The molecule has 2 aliphatic rings. The summed E-state index contributed by atoms with van der Waals surface area (Å²) in [5.41, 5.74) is 0. The first-order valence-corrected chi connectivity index (χ1v) is 5.88. The summed E-state index contributed by atoms with van der Waals surface area (Å²) < 4.78 is 0. The summed E-state index contributed by atoms with van der Waals surface area (Å²) in [5.74, 6) is 2.45. The van der Waals surface area contributed by atoms with Gasteiger partial charge in [0.2, 0.25) is 0 Å². The fraction of sp³-hybridized carbons (Fsp3) is 0.833. The molecule has 2 heteroatoms. The van der Waals surface area contributed by atoms with Crippen LogP contribution < -0.4 is 5.32 Å². The maximum Gasteiger partial charge on any atom is 0.177 e. The Bertz CT molecular complexity index is 235. The monoisotopic (exact) mass is 191 g/mol. The van der Waals surface area contributed by atoms with E-state index in [9.17, 15) is 0 Å². The minimum absolute atomic E-state index is 0.502. The standard InChI is InChI=1S/C12H22BN/c1-11(2)12(3,4)13(11)8-7-10-6-5-9-14-10/h7-8,10,14H,5-6,9H2,1-4H3/b8-7+. The molecule has 14 heavy (non-hydrogen) atoms. The summed E-state index contributed by atoms with van der Waals surface area (Å²) in [6.07, 6.45) is 5.06. The lowest BCUT2D eigenvalue weighted by molar-refractivity contribution is 0.628. The van der Waals surface area contributed by atoms with E-state index in [1.54, 1.807) is 0 Å². The Balaban J connectivity index is 1.93. The molecule has 0 aromatic carbocycles. The minimum atomic E-state index is 0.502. The molecular weight excluding hydrogens is 169 g/mol. The topological polar surface area (TPSA) is 12.0 Å². The number of rotatable bonds is 2. The van der Waals surface area contributed by atoms with Gasteiger partial charge < -0.3 is 5.32 Å². The highest BCUT2D eigenvalue weighted by Crippen LogP contribution is 2.74. The molecule has 0 saturated carbocycles. The van der Waals surface area contributed by atoms with E-state index in [1.165, 1.54) is 19.4 Å². The highest BCUT2D eigenvalue weighted by molar-refractivity contribution is 6.82. The second-order valence-corrected chi connectivity index (χ2v) is 6.01. The van der Waals surface area contributed by atoms with Gasteiger partial charge >= 0.3 is 0 Å². The second kappa shape index (κ2) is 3.13. The van der Waals surface area contributed by atoms with Crippen molar-refractivity contribution >= 4 is 6.71 Å². The van der Waals surface area contributed by atoms with Crippen molar-refractivity contribution in [2.24, 2.45) is 0 Å². The van der Waals surface area contributed by atoms with Gasteiger partial charge in [-0.2, -0.15) is 0 Å². The van der Waals surface area contributed by atoms with Crippen LogP contribution in [0.3, 0.4) is 0 Å². The third-order valence-corrected chi connectivity index (χ3v) is 4.77. The van der Waals surface area contributed by atoms with Crippen LogP contribution in [0, 0.1) is 0 Å². The van der Waals surface area contributed by atoms with Crippen molar-refractivity contribution in [1.29, 1.82) is 0 Å². The van der Waals surface area contributed by atoms with Gasteiger partial charge in [0.05, 0.1) is 0 Å². The van der Waals surface area contributed by atoms with Crippen LogP contribution in [-0.2, 0) is 0 Å². The van der Waals surface area contributed by atoms with E-state index in [0.29, 0.717) is 16.7 Å². The van der Waals surface area contributed by atoms with Gasteiger partial charge in [0.25, 0.3) is 0 Å². The van der Waals surface area contributed by atoms with Crippen molar-refractivity contribution in [3.8, 4) is 0 Å². The van der Waals surface area contributed by atoms with Gasteiger partial charge in [0.1, 0.15) is 0 Å². The Kier molecular flexibility index (Phi) is 2.30. The zero-order valence-electron chi connectivity index (χ0n) is 9.93. The molecule has 2 saturated heterocycles. The molecule has 0 bridgehead atoms. The van der Waals surface area contributed by atoms with E-state index in [4.69, 9.17) is 0 Å². The Hall–Kier alpha value is -0.235. The quantitative estimate of drug-likeness (QED) is 0.661. The normalized spacial score (nSPS) is 34.0. The lowest BCUT2D eigenvalue weighted by Crippen LogP contribution is -2.18. The van der Waals surface area contributed by atoms with E-state index in [0.717, 1.165) is 6.71 Å². The SMILES string of the molecule is CC1(C)B(/C=C/C2CCCN2)C1(C)C. The van der Waals surface area contributed by atoms with Crippen LogP contribution in [0.5, 0.6) is 0 Å². The first kappa shape index (κ1) is 10.3. The molecule has 2 rings (SSSR count). The molecule has 0 radical (unpaired) electrons. The zero-order chi connectivity index (χ0) is 10.4. The Morgan fingerprint density at radius 2 is 1.86 bits per heavy atom. The molecule has 78 valence electrons. The third kappa shape index (κ3) is 1.44. The average Bonchev–Trinajstić information content (AvgIpc) is 2.54. The summed E-state index contributed by atoms with van der Waals surface area (Å²) in [6, 6.07) is 0.655. The number of nitrogens with one attached hydrogen (secondary N) is 1. The maximum atomic E-state index is 3.51. The highest BCUT2D eigenvalue weighted by atomic mass is 14.9. The molecule has 2 aliphatic heterocycles. The summed E-state index contributed by atoms with van der Waals surface area (Å²) in [4.78, 5) is 0. The van der Waals surface area contributed by atoms with E-state index in [-0.39, 0.29) is 0 Å². The molecule has 2 fully saturated rings. The van der Waals surface area contributed by atoms with Crippen LogP contribution in [0.1, 0.15) is 40.5 Å². The molecule has 0 aliphatic carbocycles. The van der Waals surface area contributed by atoms with Crippen LogP contribution in [0.15, 0.2) is 12.1 Å². The average molecular weight is 191 g/mol. The molecule has 0 aromatic rings. The molecule has 1 atom stereocenters.